The molecule has 3 aromatic rings. The molecule has 0 aliphatic rings. The van der Waals surface area contributed by atoms with E-state index in [1.54, 1.807) is 25.1 Å². The lowest BCUT2D eigenvalue weighted by molar-refractivity contribution is 0.619. The van der Waals surface area contributed by atoms with Crippen LogP contribution in [0.4, 0.5) is 15.9 Å². The van der Waals surface area contributed by atoms with Gasteiger partial charge in [-0.1, -0.05) is 11.6 Å². The van der Waals surface area contributed by atoms with E-state index >= 15 is 0 Å². The van der Waals surface area contributed by atoms with Crippen molar-refractivity contribution in [2.75, 3.05) is 5.32 Å². The highest BCUT2D eigenvalue weighted by Crippen LogP contribution is 2.21. The van der Waals surface area contributed by atoms with Gasteiger partial charge in [0.15, 0.2) is 0 Å². The molecule has 1 aromatic carbocycles. The molecule has 1 N–H and O–H groups in total. The Morgan fingerprint density at radius 2 is 2.16 bits per heavy atom. The van der Waals surface area contributed by atoms with Crippen molar-refractivity contribution in [3.05, 3.63) is 47.1 Å². The maximum Gasteiger partial charge on any atom is 0.255 e. The predicted octanol–water partition coefficient (Wildman–Crippen LogP) is 2.97. The highest BCUT2D eigenvalue weighted by atomic mass is 35.5. The summed E-state index contributed by atoms with van der Waals surface area (Å²) in [5.41, 5.74) is 1.29. The number of halogens is 2. The van der Waals surface area contributed by atoms with Gasteiger partial charge in [0.25, 0.3) is 5.78 Å². The number of hydrogen-bond donors (Lipinski definition) is 1. The van der Waals surface area contributed by atoms with Crippen LogP contribution in [0.5, 0.6) is 0 Å². The molecule has 0 unspecified atom stereocenters. The fourth-order valence-corrected chi connectivity index (χ4v) is 1.92. The van der Waals surface area contributed by atoms with E-state index in [0.29, 0.717) is 22.3 Å². The summed E-state index contributed by atoms with van der Waals surface area (Å²) in [6, 6.07) is 6.37. The molecule has 3 rings (SSSR count). The predicted molar refractivity (Wildman–Crippen MR) is 70.2 cm³/mol. The maximum atomic E-state index is 13.2. The van der Waals surface area contributed by atoms with Crippen molar-refractivity contribution in [1.82, 2.24) is 19.6 Å². The maximum absolute atomic E-state index is 13.2. The van der Waals surface area contributed by atoms with Gasteiger partial charge in [-0.15, -0.1) is 0 Å². The molecule has 2 heterocycles. The highest BCUT2D eigenvalue weighted by Gasteiger charge is 2.07. The molecule has 96 valence electrons. The number of rotatable bonds is 2. The Kier molecular flexibility index (Phi) is 2.79. The molecule has 0 amide bonds. The van der Waals surface area contributed by atoms with Gasteiger partial charge in [-0.3, -0.25) is 0 Å². The molecule has 0 aliphatic carbocycles. The smallest absolute Gasteiger partial charge is 0.255 e. The van der Waals surface area contributed by atoms with E-state index in [9.17, 15) is 4.39 Å². The van der Waals surface area contributed by atoms with Crippen molar-refractivity contribution < 1.29 is 4.39 Å². The first kappa shape index (κ1) is 11.9. The van der Waals surface area contributed by atoms with Crippen molar-refractivity contribution in [2.24, 2.45) is 0 Å². The van der Waals surface area contributed by atoms with Gasteiger partial charge in [-0.25, -0.2) is 4.39 Å². The van der Waals surface area contributed by atoms with Gasteiger partial charge in [-0.05, 0) is 30.7 Å². The third kappa shape index (κ3) is 2.22. The second-order valence-corrected chi connectivity index (χ2v) is 4.41. The molecule has 2 aromatic heterocycles. The van der Waals surface area contributed by atoms with Gasteiger partial charge in [0.2, 0.25) is 0 Å². The zero-order valence-electron chi connectivity index (χ0n) is 9.93. The summed E-state index contributed by atoms with van der Waals surface area (Å²) in [5.74, 6) is 0.761. The average molecular weight is 278 g/mol. The largest absolute Gasteiger partial charge is 0.340 e. The summed E-state index contributed by atoms with van der Waals surface area (Å²) < 4.78 is 14.7. The van der Waals surface area contributed by atoms with Gasteiger partial charge in [-0.2, -0.15) is 19.6 Å². The Bertz CT molecular complexity index is 755. The molecule has 0 fully saturated rings. The summed E-state index contributed by atoms with van der Waals surface area (Å²) in [5, 5.41) is 7.46. The molecule has 0 aliphatic heterocycles. The van der Waals surface area contributed by atoms with Crippen LogP contribution in [-0.2, 0) is 0 Å². The summed E-state index contributed by atoms with van der Waals surface area (Å²) in [6.07, 6.45) is 1.39. The van der Waals surface area contributed by atoms with Gasteiger partial charge in [0.05, 0.1) is 0 Å². The number of hydrogen-bond acceptors (Lipinski definition) is 4. The van der Waals surface area contributed by atoms with Crippen molar-refractivity contribution >= 4 is 28.9 Å². The lowest BCUT2D eigenvalue weighted by Gasteiger charge is -2.09. The summed E-state index contributed by atoms with van der Waals surface area (Å²) in [4.78, 5) is 7.99. The monoisotopic (exact) mass is 277 g/mol. The number of nitrogens with one attached hydrogen (secondary N) is 1. The lowest BCUT2D eigenvalue weighted by atomic mass is 10.2. The van der Waals surface area contributed by atoms with Crippen LogP contribution in [-0.4, -0.2) is 19.6 Å². The normalized spacial score (nSPS) is 10.9. The van der Waals surface area contributed by atoms with E-state index in [-0.39, 0.29) is 5.82 Å². The molecule has 5 nitrogen and oxygen atoms in total. The molecule has 0 saturated heterocycles. The summed E-state index contributed by atoms with van der Waals surface area (Å²) in [7, 11) is 0. The van der Waals surface area contributed by atoms with Gasteiger partial charge < -0.3 is 5.32 Å². The third-order valence-electron chi connectivity index (χ3n) is 2.65. The van der Waals surface area contributed by atoms with Gasteiger partial charge in [0.1, 0.15) is 23.1 Å². The standard InChI is InChI=1S/C12H9ClFN5/c1-7-4-8(2-3-9(7)14)17-11-5-10(13)18-12-15-6-16-19(11)12/h2-6,17H,1H3. The second kappa shape index (κ2) is 4.47. The Morgan fingerprint density at radius 1 is 1.32 bits per heavy atom. The number of aromatic nitrogens is 4. The first-order valence-corrected chi connectivity index (χ1v) is 5.91. The Hall–Kier alpha value is -2.21. The molecule has 0 spiro atoms. The van der Waals surface area contributed by atoms with Crippen molar-refractivity contribution in [1.29, 1.82) is 0 Å². The summed E-state index contributed by atoms with van der Waals surface area (Å²) >= 11 is 5.91. The minimum atomic E-state index is -0.246. The fraction of sp³-hybridized carbons (Fsp3) is 0.0833. The minimum absolute atomic E-state index is 0.246. The first-order valence-electron chi connectivity index (χ1n) is 5.53. The Balaban J connectivity index is 2.04. The number of aryl methyl sites for hydroxylation is 1. The first-order chi connectivity index (χ1) is 9.13. The third-order valence-corrected chi connectivity index (χ3v) is 2.84. The highest BCUT2D eigenvalue weighted by molar-refractivity contribution is 6.29. The number of nitrogens with zero attached hydrogens (tertiary/aromatic N) is 4. The van der Waals surface area contributed by atoms with E-state index in [0.717, 1.165) is 5.69 Å². The zero-order valence-corrected chi connectivity index (χ0v) is 10.7. The summed E-state index contributed by atoms with van der Waals surface area (Å²) in [6.45, 7) is 1.70. The van der Waals surface area contributed by atoms with E-state index in [2.05, 4.69) is 20.4 Å². The zero-order chi connectivity index (χ0) is 13.4. The number of benzene rings is 1. The molecule has 19 heavy (non-hydrogen) atoms. The fourth-order valence-electron chi connectivity index (χ4n) is 1.74. The van der Waals surface area contributed by atoms with E-state index in [1.165, 1.54) is 16.9 Å². The van der Waals surface area contributed by atoms with Crippen LogP contribution in [0.2, 0.25) is 5.15 Å². The van der Waals surface area contributed by atoms with Crippen LogP contribution in [0, 0.1) is 12.7 Å². The van der Waals surface area contributed by atoms with Crippen LogP contribution in [0.15, 0.2) is 30.6 Å². The molecule has 0 saturated carbocycles. The topological polar surface area (TPSA) is 55.1 Å². The average Bonchev–Trinajstić information content (AvgIpc) is 2.82. The molecule has 7 heteroatoms. The molecule has 0 radical (unpaired) electrons. The minimum Gasteiger partial charge on any atom is -0.340 e. The van der Waals surface area contributed by atoms with E-state index in [4.69, 9.17) is 11.6 Å². The lowest BCUT2D eigenvalue weighted by Crippen LogP contribution is -2.02. The number of fused-ring (bicyclic) bond motifs is 1. The van der Waals surface area contributed by atoms with Crippen molar-refractivity contribution in [2.45, 2.75) is 6.92 Å². The van der Waals surface area contributed by atoms with Crippen molar-refractivity contribution in [3.63, 3.8) is 0 Å². The van der Waals surface area contributed by atoms with Crippen LogP contribution < -0.4 is 5.32 Å². The molecular weight excluding hydrogens is 269 g/mol. The van der Waals surface area contributed by atoms with E-state index < -0.39 is 0 Å². The van der Waals surface area contributed by atoms with Gasteiger partial charge in [0, 0.05) is 11.8 Å². The van der Waals surface area contributed by atoms with E-state index in [1.807, 2.05) is 0 Å². The molecule has 0 atom stereocenters. The molecule has 0 bridgehead atoms. The van der Waals surface area contributed by atoms with Crippen LogP contribution in [0.1, 0.15) is 5.56 Å². The Morgan fingerprint density at radius 3 is 2.95 bits per heavy atom. The van der Waals surface area contributed by atoms with Crippen LogP contribution in [0.25, 0.3) is 5.78 Å². The van der Waals surface area contributed by atoms with Crippen LogP contribution in [0.3, 0.4) is 0 Å². The van der Waals surface area contributed by atoms with Crippen LogP contribution >= 0.6 is 11.6 Å². The number of anilines is 2. The molecular formula is C12H9ClFN5. The quantitative estimate of drug-likeness (QED) is 0.732. The SMILES string of the molecule is Cc1cc(Nc2cc(Cl)nc3ncnn23)ccc1F. The Labute approximate surface area is 113 Å². The second-order valence-electron chi connectivity index (χ2n) is 4.02. The van der Waals surface area contributed by atoms with Crippen molar-refractivity contribution in [3.8, 4) is 0 Å². The van der Waals surface area contributed by atoms with Gasteiger partial charge >= 0.3 is 0 Å².